The smallest absolute Gasteiger partial charge is 0.240 e. The van der Waals surface area contributed by atoms with Crippen molar-refractivity contribution < 1.29 is 13.5 Å². The second-order valence-electron chi connectivity index (χ2n) is 6.99. The summed E-state index contributed by atoms with van der Waals surface area (Å²) in [4.78, 5) is 2.24. The molecule has 0 heterocycles. The van der Waals surface area contributed by atoms with Crippen molar-refractivity contribution in [3.63, 3.8) is 0 Å². The van der Waals surface area contributed by atoms with Gasteiger partial charge in [0.05, 0.1) is 11.0 Å². The number of rotatable bonds is 6. The Kier molecular flexibility index (Phi) is 5.65. The summed E-state index contributed by atoms with van der Waals surface area (Å²) in [5, 5.41) is 10.3. The topological polar surface area (TPSA) is 69.6 Å². The van der Waals surface area contributed by atoms with Crippen LogP contribution in [-0.4, -0.2) is 34.2 Å². The van der Waals surface area contributed by atoms with Gasteiger partial charge in [-0.1, -0.05) is 18.2 Å². The molecule has 0 saturated carbocycles. The average Bonchev–Trinajstić information content (AvgIpc) is 2.65. The monoisotopic (exact) mass is 374 g/mol. The molecule has 0 fully saturated rings. The molecule has 0 amide bonds. The van der Waals surface area contributed by atoms with E-state index in [1.807, 2.05) is 49.3 Å². The number of aryl methyl sites for hydroxylation is 2. The third-order valence-corrected chi connectivity index (χ3v) is 6.31. The first kappa shape index (κ1) is 18.9. The van der Waals surface area contributed by atoms with Gasteiger partial charge in [0, 0.05) is 26.3 Å². The standard InChI is InChI=1S/C20H26N2O3S/c1-22(2)18-10-7-16(8-11-18)20(23)14-21-26(24,25)19-12-9-15-5-3-4-6-17(15)13-19/h7-13,20-21,23H,3-6,14H2,1-2H3/t20-/m0/s1. The van der Waals surface area contributed by atoms with Gasteiger partial charge in [-0.2, -0.15) is 0 Å². The van der Waals surface area contributed by atoms with E-state index in [0.29, 0.717) is 5.56 Å². The summed E-state index contributed by atoms with van der Waals surface area (Å²) in [6.45, 7) is -0.0548. The maximum atomic E-state index is 12.6. The Hall–Kier alpha value is -1.89. The van der Waals surface area contributed by atoms with Gasteiger partial charge >= 0.3 is 0 Å². The maximum Gasteiger partial charge on any atom is 0.240 e. The molecule has 2 aromatic rings. The third kappa shape index (κ3) is 4.26. The number of nitrogens with one attached hydrogen (secondary N) is 1. The summed E-state index contributed by atoms with van der Waals surface area (Å²) in [5.41, 5.74) is 4.08. The lowest BCUT2D eigenvalue weighted by atomic mass is 9.92. The Balaban J connectivity index is 1.67. The van der Waals surface area contributed by atoms with Gasteiger partial charge in [0.2, 0.25) is 10.0 Å². The minimum Gasteiger partial charge on any atom is -0.387 e. The molecule has 6 heteroatoms. The lowest BCUT2D eigenvalue weighted by Crippen LogP contribution is -2.28. The van der Waals surface area contributed by atoms with Crippen LogP contribution in [-0.2, 0) is 22.9 Å². The summed E-state index contributed by atoms with van der Waals surface area (Å²) in [6.07, 6.45) is 3.32. The molecule has 1 aliphatic rings. The van der Waals surface area contributed by atoms with E-state index < -0.39 is 16.1 Å². The largest absolute Gasteiger partial charge is 0.387 e. The minimum atomic E-state index is -3.64. The average molecular weight is 375 g/mol. The van der Waals surface area contributed by atoms with E-state index in [0.717, 1.165) is 36.9 Å². The number of nitrogens with zero attached hydrogens (tertiary/aromatic N) is 1. The van der Waals surface area contributed by atoms with E-state index in [9.17, 15) is 13.5 Å². The van der Waals surface area contributed by atoms with E-state index in [1.54, 1.807) is 12.1 Å². The van der Waals surface area contributed by atoms with E-state index in [-0.39, 0.29) is 11.4 Å². The molecule has 2 N–H and O–H groups in total. The molecule has 0 aromatic heterocycles. The van der Waals surface area contributed by atoms with Crippen LogP contribution in [0.3, 0.4) is 0 Å². The number of aliphatic hydroxyl groups excluding tert-OH is 1. The molecule has 0 aliphatic heterocycles. The number of aliphatic hydroxyl groups is 1. The van der Waals surface area contributed by atoms with Crippen molar-refractivity contribution in [2.75, 3.05) is 25.5 Å². The van der Waals surface area contributed by atoms with Crippen LogP contribution in [0.25, 0.3) is 0 Å². The van der Waals surface area contributed by atoms with Crippen LogP contribution in [0, 0.1) is 0 Å². The second kappa shape index (κ2) is 7.78. The number of hydrogen-bond acceptors (Lipinski definition) is 4. The molecule has 0 saturated heterocycles. The van der Waals surface area contributed by atoms with Crippen LogP contribution in [0.2, 0.25) is 0 Å². The fraction of sp³-hybridized carbons (Fsp3) is 0.400. The molecule has 0 radical (unpaired) electrons. The van der Waals surface area contributed by atoms with Gasteiger partial charge in [0.1, 0.15) is 0 Å². The predicted molar refractivity (Wildman–Crippen MR) is 104 cm³/mol. The minimum absolute atomic E-state index is 0.0548. The van der Waals surface area contributed by atoms with Gasteiger partial charge in [0.15, 0.2) is 0 Å². The van der Waals surface area contributed by atoms with Gasteiger partial charge in [-0.15, -0.1) is 0 Å². The Labute approximate surface area is 155 Å². The Morgan fingerprint density at radius 1 is 1.04 bits per heavy atom. The Morgan fingerprint density at radius 3 is 2.35 bits per heavy atom. The Bertz CT molecular complexity index is 861. The molecule has 1 aliphatic carbocycles. The van der Waals surface area contributed by atoms with Crippen LogP contribution in [0.15, 0.2) is 47.4 Å². The summed E-state index contributed by atoms with van der Waals surface area (Å²) in [5.74, 6) is 0. The molecule has 0 unspecified atom stereocenters. The number of benzene rings is 2. The molecule has 140 valence electrons. The van der Waals surface area contributed by atoms with Crippen molar-refractivity contribution in [2.45, 2.75) is 36.7 Å². The number of hydrogen-bond donors (Lipinski definition) is 2. The number of anilines is 1. The van der Waals surface area contributed by atoms with Crippen molar-refractivity contribution >= 4 is 15.7 Å². The van der Waals surface area contributed by atoms with Crippen molar-refractivity contribution in [1.29, 1.82) is 0 Å². The molecular formula is C20H26N2O3S. The highest BCUT2D eigenvalue weighted by Crippen LogP contribution is 2.24. The van der Waals surface area contributed by atoms with Crippen molar-refractivity contribution in [2.24, 2.45) is 0 Å². The SMILES string of the molecule is CN(C)c1ccc([C@@H](O)CNS(=O)(=O)c2ccc3c(c2)CCCC3)cc1. The molecule has 1 atom stereocenters. The summed E-state index contributed by atoms with van der Waals surface area (Å²) in [7, 11) is 0.249. The van der Waals surface area contributed by atoms with Crippen molar-refractivity contribution in [3.8, 4) is 0 Å². The molecule has 3 rings (SSSR count). The van der Waals surface area contributed by atoms with E-state index in [2.05, 4.69) is 4.72 Å². The lowest BCUT2D eigenvalue weighted by molar-refractivity contribution is 0.182. The Morgan fingerprint density at radius 2 is 1.69 bits per heavy atom. The summed E-state index contributed by atoms with van der Waals surface area (Å²) < 4.78 is 27.7. The molecule has 26 heavy (non-hydrogen) atoms. The summed E-state index contributed by atoms with van der Waals surface area (Å²) in [6, 6.07) is 12.8. The number of fused-ring (bicyclic) bond motifs is 1. The number of sulfonamides is 1. The second-order valence-corrected chi connectivity index (χ2v) is 8.76. The van der Waals surface area contributed by atoms with Gasteiger partial charge in [-0.05, 0) is 66.6 Å². The van der Waals surface area contributed by atoms with E-state index in [1.165, 1.54) is 5.56 Å². The highest BCUT2D eigenvalue weighted by molar-refractivity contribution is 7.89. The van der Waals surface area contributed by atoms with Gasteiger partial charge < -0.3 is 10.0 Å². The fourth-order valence-electron chi connectivity index (χ4n) is 3.26. The normalized spacial score (nSPS) is 15.3. The van der Waals surface area contributed by atoms with Crippen LogP contribution < -0.4 is 9.62 Å². The highest BCUT2D eigenvalue weighted by atomic mass is 32.2. The zero-order valence-electron chi connectivity index (χ0n) is 15.3. The van der Waals surface area contributed by atoms with Crippen LogP contribution in [0.5, 0.6) is 0 Å². The predicted octanol–water partition coefficient (Wildman–Crippen LogP) is 2.64. The molecule has 0 spiro atoms. The quantitative estimate of drug-likeness (QED) is 0.816. The third-order valence-electron chi connectivity index (χ3n) is 4.89. The van der Waals surface area contributed by atoms with Gasteiger partial charge in [0.25, 0.3) is 0 Å². The zero-order valence-corrected chi connectivity index (χ0v) is 16.1. The first-order valence-corrected chi connectivity index (χ1v) is 10.4. The first-order valence-electron chi connectivity index (χ1n) is 8.93. The van der Waals surface area contributed by atoms with Crippen LogP contribution >= 0.6 is 0 Å². The zero-order chi connectivity index (χ0) is 18.7. The van der Waals surface area contributed by atoms with Crippen molar-refractivity contribution in [3.05, 3.63) is 59.2 Å². The van der Waals surface area contributed by atoms with Crippen molar-refractivity contribution in [1.82, 2.24) is 4.72 Å². The lowest BCUT2D eigenvalue weighted by Gasteiger charge is -2.18. The first-order chi connectivity index (χ1) is 12.4. The van der Waals surface area contributed by atoms with Crippen LogP contribution in [0.4, 0.5) is 5.69 Å². The highest BCUT2D eigenvalue weighted by Gasteiger charge is 2.19. The molecular weight excluding hydrogens is 348 g/mol. The molecule has 2 aromatic carbocycles. The summed E-state index contributed by atoms with van der Waals surface area (Å²) >= 11 is 0. The van der Waals surface area contributed by atoms with Gasteiger partial charge in [-0.3, -0.25) is 0 Å². The van der Waals surface area contributed by atoms with E-state index in [4.69, 9.17) is 0 Å². The maximum absolute atomic E-state index is 12.6. The fourth-order valence-corrected chi connectivity index (χ4v) is 4.35. The van der Waals surface area contributed by atoms with E-state index >= 15 is 0 Å². The molecule has 5 nitrogen and oxygen atoms in total. The van der Waals surface area contributed by atoms with Gasteiger partial charge in [-0.25, -0.2) is 13.1 Å². The van der Waals surface area contributed by atoms with Crippen LogP contribution in [0.1, 0.15) is 35.6 Å². The molecule has 0 bridgehead atoms.